The zero-order valence-corrected chi connectivity index (χ0v) is 14.1. The molecule has 3 nitrogen and oxygen atoms in total. The van der Waals surface area contributed by atoms with Crippen LogP contribution in [0.2, 0.25) is 5.02 Å². The Morgan fingerprint density at radius 2 is 1.62 bits per heavy atom. The maximum atomic E-state index is 6.03. The molecule has 1 aromatic rings. The van der Waals surface area contributed by atoms with E-state index in [9.17, 15) is 0 Å². The summed E-state index contributed by atoms with van der Waals surface area (Å²) in [5.74, 6) is 0. The molecule has 1 aliphatic heterocycles. The summed E-state index contributed by atoms with van der Waals surface area (Å²) in [5.41, 5.74) is 7.60. The number of nitrogens with zero attached hydrogens (tertiary/aromatic N) is 2. The van der Waals surface area contributed by atoms with Crippen LogP contribution in [0.3, 0.4) is 0 Å². The number of hydrogen-bond acceptors (Lipinski definition) is 3. The van der Waals surface area contributed by atoms with Crippen molar-refractivity contribution >= 4 is 17.3 Å². The fourth-order valence-electron chi connectivity index (χ4n) is 3.12. The Hall–Kier alpha value is -0.770. The lowest BCUT2D eigenvalue weighted by atomic mass is 9.82. The van der Waals surface area contributed by atoms with E-state index in [0.717, 1.165) is 57.1 Å². The number of hydrogen-bond donors (Lipinski definition) is 1. The molecule has 0 atom stereocenters. The fourth-order valence-corrected chi connectivity index (χ4v) is 3.24. The lowest BCUT2D eigenvalue weighted by molar-refractivity contribution is 0.138. The maximum absolute atomic E-state index is 6.03. The van der Waals surface area contributed by atoms with Crippen molar-refractivity contribution in [1.82, 2.24) is 4.90 Å². The minimum Gasteiger partial charge on any atom is -0.369 e. The molecular weight excluding hydrogens is 282 g/mol. The van der Waals surface area contributed by atoms with Gasteiger partial charge in [0.25, 0.3) is 0 Å². The van der Waals surface area contributed by atoms with Crippen molar-refractivity contribution in [3.8, 4) is 0 Å². The summed E-state index contributed by atoms with van der Waals surface area (Å²) in [5, 5.41) is 0.802. The molecule has 0 amide bonds. The van der Waals surface area contributed by atoms with E-state index in [1.54, 1.807) is 0 Å². The Morgan fingerprint density at radius 1 is 1.05 bits per heavy atom. The van der Waals surface area contributed by atoms with E-state index in [-0.39, 0.29) is 0 Å². The van der Waals surface area contributed by atoms with Crippen LogP contribution in [0.1, 0.15) is 26.7 Å². The SMILES string of the molecule is CCC(CC)(CN)CN1CCN(c2ccc(Cl)cc2)CC1. The first-order valence-electron chi connectivity index (χ1n) is 8.05. The lowest BCUT2D eigenvalue weighted by Crippen LogP contribution is -2.51. The molecule has 21 heavy (non-hydrogen) atoms. The van der Waals surface area contributed by atoms with Crippen LogP contribution < -0.4 is 10.6 Å². The highest BCUT2D eigenvalue weighted by molar-refractivity contribution is 6.30. The van der Waals surface area contributed by atoms with Gasteiger partial charge >= 0.3 is 0 Å². The quantitative estimate of drug-likeness (QED) is 0.875. The third kappa shape index (κ3) is 4.12. The van der Waals surface area contributed by atoms with Gasteiger partial charge in [0.05, 0.1) is 0 Å². The summed E-state index contributed by atoms with van der Waals surface area (Å²) >= 11 is 5.96. The normalized spacial score (nSPS) is 17.2. The Labute approximate surface area is 134 Å². The van der Waals surface area contributed by atoms with Gasteiger partial charge in [-0.25, -0.2) is 0 Å². The Balaban J connectivity index is 1.89. The molecule has 0 saturated carbocycles. The zero-order chi connectivity index (χ0) is 15.3. The van der Waals surface area contributed by atoms with Crippen LogP contribution in [0.15, 0.2) is 24.3 Å². The van der Waals surface area contributed by atoms with E-state index in [4.69, 9.17) is 17.3 Å². The Kier molecular flexibility index (Phi) is 5.91. The molecule has 4 heteroatoms. The molecule has 0 unspecified atom stereocenters. The number of nitrogens with two attached hydrogens (primary N) is 1. The van der Waals surface area contributed by atoms with Gasteiger partial charge in [-0.1, -0.05) is 25.4 Å². The molecule has 2 N–H and O–H groups in total. The van der Waals surface area contributed by atoms with Gasteiger partial charge in [-0.05, 0) is 49.1 Å². The summed E-state index contributed by atoms with van der Waals surface area (Å²) in [6.07, 6.45) is 2.33. The highest BCUT2D eigenvalue weighted by atomic mass is 35.5. The number of anilines is 1. The highest BCUT2D eigenvalue weighted by Crippen LogP contribution is 2.27. The molecule has 0 radical (unpaired) electrons. The molecule has 118 valence electrons. The van der Waals surface area contributed by atoms with Crippen LogP contribution in [-0.2, 0) is 0 Å². The van der Waals surface area contributed by atoms with Crippen molar-refractivity contribution in [3.05, 3.63) is 29.3 Å². The molecule has 1 saturated heterocycles. The summed E-state index contributed by atoms with van der Waals surface area (Å²) in [6, 6.07) is 8.16. The van der Waals surface area contributed by atoms with Crippen LogP contribution in [-0.4, -0.2) is 44.2 Å². The first kappa shape index (κ1) is 16.6. The van der Waals surface area contributed by atoms with Gasteiger partial charge in [0.2, 0.25) is 0 Å². The topological polar surface area (TPSA) is 32.5 Å². The van der Waals surface area contributed by atoms with Crippen molar-refractivity contribution in [2.45, 2.75) is 26.7 Å². The van der Waals surface area contributed by atoms with Crippen LogP contribution in [0, 0.1) is 5.41 Å². The van der Waals surface area contributed by atoms with Gasteiger partial charge in [-0.3, -0.25) is 4.90 Å². The fraction of sp³-hybridized carbons (Fsp3) is 0.647. The highest BCUT2D eigenvalue weighted by Gasteiger charge is 2.29. The van der Waals surface area contributed by atoms with Crippen LogP contribution in [0.5, 0.6) is 0 Å². The number of benzene rings is 1. The first-order chi connectivity index (χ1) is 10.1. The summed E-state index contributed by atoms with van der Waals surface area (Å²) in [4.78, 5) is 5.02. The van der Waals surface area contributed by atoms with E-state index in [0.29, 0.717) is 5.41 Å². The molecule has 0 aromatic heterocycles. The Bertz CT molecular complexity index is 412. The summed E-state index contributed by atoms with van der Waals surface area (Å²) < 4.78 is 0. The van der Waals surface area contributed by atoms with Gasteiger partial charge in [-0.15, -0.1) is 0 Å². The van der Waals surface area contributed by atoms with Crippen molar-refractivity contribution in [2.75, 3.05) is 44.2 Å². The minimum atomic E-state index is 0.294. The van der Waals surface area contributed by atoms with E-state index in [1.807, 2.05) is 12.1 Å². The van der Waals surface area contributed by atoms with Gasteiger partial charge in [0.1, 0.15) is 0 Å². The van der Waals surface area contributed by atoms with Gasteiger partial charge in [-0.2, -0.15) is 0 Å². The van der Waals surface area contributed by atoms with Crippen molar-refractivity contribution in [2.24, 2.45) is 11.1 Å². The molecule has 1 heterocycles. The van der Waals surface area contributed by atoms with Crippen LogP contribution in [0.25, 0.3) is 0 Å². The second kappa shape index (κ2) is 7.48. The average Bonchev–Trinajstić information content (AvgIpc) is 2.54. The largest absolute Gasteiger partial charge is 0.369 e. The Morgan fingerprint density at radius 3 is 2.10 bits per heavy atom. The summed E-state index contributed by atoms with van der Waals surface area (Å²) in [6.45, 7) is 10.8. The van der Waals surface area contributed by atoms with Crippen LogP contribution >= 0.6 is 11.6 Å². The zero-order valence-electron chi connectivity index (χ0n) is 13.3. The van der Waals surface area contributed by atoms with Gasteiger partial charge in [0.15, 0.2) is 0 Å². The van der Waals surface area contributed by atoms with E-state index >= 15 is 0 Å². The minimum absolute atomic E-state index is 0.294. The number of halogens is 1. The number of rotatable bonds is 6. The standard InChI is InChI=1S/C17H28ClN3/c1-3-17(4-2,13-19)14-20-9-11-21(12-10-20)16-7-5-15(18)6-8-16/h5-8H,3-4,9-14,19H2,1-2H3. The van der Waals surface area contributed by atoms with Crippen molar-refractivity contribution in [3.63, 3.8) is 0 Å². The molecule has 0 aliphatic carbocycles. The molecule has 0 bridgehead atoms. The van der Waals surface area contributed by atoms with E-state index in [2.05, 4.69) is 35.8 Å². The third-order valence-corrected chi connectivity index (χ3v) is 5.31. The van der Waals surface area contributed by atoms with Crippen molar-refractivity contribution < 1.29 is 0 Å². The number of piperazine rings is 1. The third-order valence-electron chi connectivity index (χ3n) is 5.06. The maximum Gasteiger partial charge on any atom is 0.0407 e. The van der Waals surface area contributed by atoms with E-state index in [1.165, 1.54) is 5.69 Å². The first-order valence-corrected chi connectivity index (χ1v) is 8.43. The molecular formula is C17H28ClN3. The van der Waals surface area contributed by atoms with E-state index < -0.39 is 0 Å². The van der Waals surface area contributed by atoms with Gasteiger partial charge in [0, 0.05) is 43.4 Å². The smallest absolute Gasteiger partial charge is 0.0407 e. The molecule has 1 aromatic carbocycles. The molecule has 1 fully saturated rings. The van der Waals surface area contributed by atoms with Gasteiger partial charge < -0.3 is 10.6 Å². The van der Waals surface area contributed by atoms with Crippen LogP contribution in [0.4, 0.5) is 5.69 Å². The molecule has 0 spiro atoms. The second-order valence-corrected chi connectivity index (χ2v) is 6.59. The predicted octanol–water partition coefficient (Wildman–Crippen LogP) is 3.23. The summed E-state index contributed by atoms with van der Waals surface area (Å²) in [7, 11) is 0. The molecule has 1 aliphatic rings. The monoisotopic (exact) mass is 309 g/mol. The second-order valence-electron chi connectivity index (χ2n) is 6.15. The lowest BCUT2D eigenvalue weighted by Gasteiger charge is -2.41. The van der Waals surface area contributed by atoms with Crippen molar-refractivity contribution in [1.29, 1.82) is 0 Å². The molecule has 2 rings (SSSR count). The predicted molar refractivity (Wildman–Crippen MR) is 92.2 cm³/mol. The average molecular weight is 310 g/mol.